The standard InChI is InChI=1S/C27H27NO4/c1-4-10-19(11-5-1)16-28-22-17-29-26(20-12-6-2-7-13-20)31-24(22)25-23(28)18-30-27(32-25)21-14-8-3-9-15-21/h1-15,22-27H,16-18H2/t22-,23-,24+,25+,26?,27?/m0/s1. The Morgan fingerprint density at radius 2 is 1.03 bits per heavy atom. The summed E-state index contributed by atoms with van der Waals surface area (Å²) in [6.07, 6.45) is -0.927. The average Bonchev–Trinajstić information content (AvgIpc) is 3.18. The molecule has 2 unspecified atom stereocenters. The fraction of sp³-hybridized carbons (Fsp3) is 0.333. The molecule has 5 heteroatoms. The maximum atomic E-state index is 6.57. The van der Waals surface area contributed by atoms with Crippen LogP contribution in [-0.2, 0) is 25.5 Å². The van der Waals surface area contributed by atoms with E-state index >= 15 is 0 Å². The van der Waals surface area contributed by atoms with E-state index in [9.17, 15) is 0 Å². The maximum Gasteiger partial charge on any atom is 0.184 e. The molecule has 0 aliphatic carbocycles. The number of fused-ring (bicyclic) bond motifs is 3. The van der Waals surface area contributed by atoms with E-state index in [1.165, 1.54) is 5.56 Å². The highest BCUT2D eigenvalue weighted by Gasteiger charge is 2.56. The van der Waals surface area contributed by atoms with Crippen molar-refractivity contribution in [1.29, 1.82) is 0 Å². The van der Waals surface area contributed by atoms with E-state index in [-0.39, 0.29) is 36.9 Å². The molecule has 0 radical (unpaired) electrons. The second-order valence-electron chi connectivity index (χ2n) is 8.65. The van der Waals surface area contributed by atoms with Gasteiger partial charge in [0.2, 0.25) is 0 Å². The van der Waals surface area contributed by atoms with Crippen LogP contribution in [0.3, 0.4) is 0 Å². The summed E-state index contributed by atoms with van der Waals surface area (Å²) in [5, 5.41) is 0. The van der Waals surface area contributed by atoms with Crippen LogP contribution < -0.4 is 0 Å². The summed E-state index contributed by atoms with van der Waals surface area (Å²) in [4.78, 5) is 2.45. The largest absolute Gasteiger partial charge is 0.347 e. The second-order valence-corrected chi connectivity index (χ2v) is 8.65. The molecule has 164 valence electrons. The molecule has 0 spiro atoms. The molecule has 3 aliphatic rings. The van der Waals surface area contributed by atoms with E-state index in [0.29, 0.717) is 13.2 Å². The Bertz CT molecular complexity index is 952. The van der Waals surface area contributed by atoms with Gasteiger partial charge in [0.05, 0.1) is 25.3 Å². The Kier molecular flexibility index (Phi) is 5.51. The molecule has 0 saturated carbocycles. The summed E-state index contributed by atoms with van der Waals surface area (Å²) in [6, 6.07) is 31.1. The lowest BCUT2D eigenvalue weighted by atomic mass is 10.0. The highest BCUT2D eigenvalue weighted by Crippen LogP contribution is 2.43. The average molecular weight is 430 g/mol. The van der Waals surface area contributed by atoms with Gasteiger partial charge < -0.3 is 18.9 Å². The topological polar surface area (TPSA) is 40.2 Å². The third kappa shape index (κ3) is 3.76. The van der Waals surface area contributed by atoms with Crippen LogP contribution in [0.5, 0.6) is 0 Å². The molecule has 0 amide bonds. The van der Waals surface area contributed by atoms with Gasteiger partial charge in [-0.25, -0.2) is 0 Å². The quantitative estimate of drug-likeness (QED) is 0.612. The van der Waals surface area contributed by atoms with Crippen LogP contribution in [0.2, 0.25) is 0 Å². The van der Waals surface area contributed by atoms with Gasteiger partial charge in [-0.2, -0.15) is 0 Å². The van der Waals surface area contributed by atoms with Crippen molar-refractivity contribution < 1.29 is 18.9 Å². The Balaban J connectivity index is 1.28. The van der Waals surface area contributed by atoms with Gasteiger partial charge in [-0.3, -0.25) is 4.90 Å². The summed E-state index contributed by atoms with van der Waals surface area (Å²) < 4.78 is 25.6. The fourth-order valence-corrected chi connectivity index (χ4v) is 5.11. The number of ether oxygens (including phenoxy) is 4. The number of rotatable bonds is 4. The molecule has 3 fully saturated rings. The molecule has 32 heavy (non-hydrogen) atoms. The molecule has 6 atom stereocenters. The van der Waals surface area contributed by atoms with Crippen molar-refractivity contribution in [3.8, 4) is 0 Å². The predicted molar refractivity (Wildman–Crippen MR) is 120 cm³/mol. The Morgan fingerprint density at radius 1 is 0.594 bits per heavy atom. The Hall–Kier alpha value is -2.54. The summed E-state index contributed by atoms with van der Waals surface area (Å²) in [5.74, 6) is 0. The van der Waals surface area contributed by atoms with Crippen molar-refractivity contribution in [2.24, 2.45) is 0 Å². The third-order valence-electron chi connectivity index (χ3n) is 6.68. The van der Waals surface area contributed by atoms with Crippen molar-refractivity contribution in [3.05, 3.63) is 108 Å². The van der Waals surface area contributed by atoms with E-state index in [1.807, 2.05) is 42.5 Å². The molecule has 5 nitrogen and oxygen atoms in total. The number of hydrogen-bond donors (Lipinski definition) is 0. The van der Waals surface area contributed by atoms with Crippen LogP contribution in [-0.4, -0.2) is 42.4 Å². The van der Waals surface area contributed by atoms with Crippen molar-refractivity contribution in [2.75, 3.05) is 13.2 Å². The van der Waals surface area contributed by atoms with Gasteiger partial charge in [0, 0.05) is 17.7 Å². The minimum absolute atomic E-state index is 0.0854. The van der Waals surface area contributed by atoms with Crippen LogP contribution in [0, 0.1) is 0 Å². The highest BCUT2D eigenvalue weighted by atomic mass is 16.7. The minimum atomic E-state index is -0.378. The molecule has 3 heterocycles. The third-order valence-corrected chi connectivity index (χ3v) is 6.68. The normalized spacial score (nSPS) is 32.2. The predicted octanol–water partition coefficient (Wildman–Crippen LogP) is 4.47. The van der Waals surface area contributed by atoms with Crippen LogP contribution in [0.4, 0.5) is 0 Å². The molecule has 3 saturated heterocycles. The first kappa shape index (κ1) is 20.1. The first-order chi connectivity index (χ1) is 15.9. The molecule has 6 rings (SSSR count). The first-order valence-corrected chi connectivity index (χ1v) is 11.3. The van der Waals surface area contributed by atoms with Gasteiger partial charge >= 0.3 is 0 Å². The van der Waals surface area contributed by atoms with E-state index in [2.05, 4.69) is 53.4 Å². The van der Waals surface area contributed by atoms with Gasteiger partial charge in [0.1, 0.15) is 12.2 Å². The molecular weight excluding hydrogens is 402 g/mol. The number of nitrogens with zero attached hydrogens (tertiary/aromatic N) is 1. The summed E-state index contributed by atoms with van der Waals surface area (Å²) in [5.41, 5.74) is 3.34. The fourth-order valence-electron chi connectivity index (χ4n) is 5.11. The zero-order valence-electron chi connectivity index (χ0n) is 17.8. The van der Waals surface area contributed by atoms with Gasteiger partial charge in [-0.15, -0.1) is 0 Å². The van der Waals surface area contributed by atoms with Crippen LogP contribution in [0.25, 0.3) is 0 Å². The first-order valence-electron chi connectivity index (χ1n) is 11.3. The minimum Gasteiger partial charge on any atom is -0.347 e. The molecule has 3 aromatic rings. The molecule has 0 N–H and O–H groups in total. The summed E-state index contributed by atoms with van der Waals surface area (Å²) in [6.45, 7) is 2.02. The van der Waals surface area contributed by atoms with Crippen molar-refractivity contribution >= 4 is 0 Å². The number of likely N-dealkylation sites (tertiary alicyclic amines) is 1. The second kappa shape index (κ2) is 8.77. The van der Waals surface area contributed by atoms with Gasteiger partial charge in [0.15, 0.2) is 12.6 Å². The summed E-state index contributed by atoms with van der Waals surface area (Å²) >= 11 is 0. The monoisotopic (exact) mass is 429 g/mol. The highest BCUT2D eigenvalue weighted by molar-refractivity contribution is 5.21. The van der Waals surface area contributed by atoms with E-state index in [0.717, 1.165) is 17.7 Å². The number of hydrogen-bond acceptors (Lipinski definition) is 5. The lowest BCUT2D eigenvalue weighted by Gasteiger charge is -2.37. The lowest BCUT2D eigenvalue weighted by molar-refractivity contribution is -0.278. The molecular formula is C27H27NO4. The molecule has 0 aromatic heterocycles. The van der Waals surface area contributed by atoms with Crippen LogP contribution in [0.15, 0.2) is 91.0 Å². The summed E-state index contributed by atoms with van der Waals surface area (Å²) in [7, 11) is 0. The smallest absolute Gasteiger partial charge is 0.184 e. The van der Waals surface area contributed by atoms with Crippen molar-refractivity contribution in [3.63, 3.8) is 0 Å². The Labute approximate surface area is 188 Å². The SMILES string of the molecule is c1ccc(CN2[C@H]3COC(c4ccccc4)O[C@H]3[C@@H]3OC(c4ccccc4)OC[C@@H]32)cc1. The molecule has 0 bridgehead atoms. The van der Waals surface area contributed by atoms with E-state index < -0.39 is 0 Å². The van der Waals surface area contributed by atoms with E-state index in [1.54, 1.807) is 0 Å². The Morgan fingerprint density at radius 3 is 1.50 bits per heavy atom. The van der Waals surface area contributed by atoms with Gasteiger partial charge in [-0.05, 0) is 5.56 Å². The lowest BCUT2D eigenvalue weighted by Crippen LogP contribution is -2.47. The zero-order valence-corrected chi connectivity index (χ0v) is 17.8. The van der Waals surface area contributed by atoms with Crippen molar-refractivity contribution in [2.45, 2.75) is 43.4 Å². The zero-order chi connectivity index (χ0) is 21.3. The van der Waals surface area contributed by atoms with E-state index in [4.69, 9.17) is 18.9 Å². The van der Waals surface area contributed by atoms with Crippen molar-refractivity contribution in [1.82, 2.24) is 4.90 Å². The maximum absolute atomic E-state index is 6.57. The van der Waals surface area contributed by atoms with Crippen LogP contribution >= 0.6 is 0 Å². The van der Waals surface area contributed by atoms with Gasteiger partial charge in [0.25, 0.3) is 0 Å². The van der Waals surface area contributed by atoms with Crippen LogP contribution in [0.1, 0.15) is 29.3 Å². The van der Waals surface area contributed by atoms with Gasteiger partial charge in [-0.1, -0.05) is 91.0 Å². The molecule has 3 aliphatic heterocycles. The molecule has 3 aromatic carbocycles. The number of benzene rings is 3.